The number of hydrogen-bond donors (Lipinski definition) is 3. The normalized spacial score (nSPS) is 14.1. The molecule has 0 heterocycles. The summed E-state index contributed by atoms with van der Waals surface area (Å²) in [5.74, 6) is -4.61. The first-order valence-corrected chi connectivity index (χ1v) is 3.61. The first-order chi connectivity index (χ1) is 6.31. The van der Waals surface area contributed by atoms with Gasteiger partial charge < -0.3 is 19.6 Å². The van der Waals surface area contributed by atoms with Crippen LogP contribution in [0.2, 0.25) is 0 Å². The van der Waals surface area contributed by atoms with Crippen LogP contribution >= 0.6 is 11.9 Å². The Balaban J connectivity index is 4.63. The summed E-state index contributed by atoms with van der Waals surface area (Å²) in [6.07, 6.45) is -2.15. The fraction of sp³-hybridized carbons (Fsp3) is 0.500. The van der Waals surface area contributed by atoms with Gasteiger partial charge in [-0.2, -0.15) is 0 Å². The standard InChI is InChI=1S/C6H7ClO7/c7-14-4(10)2-6(13,5(11)12)1-3(8)9/h13H,1-2H2,(H,8,9)(H,11,12). The van der Waals surface area contributed by atoms with Crippen LogP contribution in [0.5, 0.6) is 0 Å². The monoisotopic (exact) mass is 226 g/mol. The van der Waals surface area contributed by atoms with Crippen molar-refractivity contribution in [1.29, 1.82) is 0 Å². The molecule has 8 heteroatoms. The van der Waals surface area contributed by atoms with Crippen molar-refractivity contribution in [3.05, 3.63) is 0 Å². The molecule has 7 nitrogen and oxygen atoms in total. The number of aliphatic hydroxyl groups is 1. The zero-order valence-corrected chi connectivity index (χ0v) is 7.52. The van der Waals surface area contributed by atoms with Gasteiger partial charge in [0.2, 0.25) is 0 Å². The van der Waals surface area contributed by atoms with Crippen LogP contribution in [0.4, 0.5) is 0 Å². The second-order valence-electron chi connectivity index (χ2n) is 2.53. The van der Waals surface area contributed by atoms with Gasteiger partial charge in [-0.15, -0.1) is 0 Å². The topological polar surface area (TPSA) is 121 Å². The van der Waals surface area contributed by atoms with E-state index in [0.717, 1.165) is 0 Å². The Morgan fingerprint density at radius 2 is 1.71 bits per heavy atom. The van der Waals surface area contributed by atoms with E-state index in [-0.39, 0.29) is 0 Å². The fourth-order valence-corrected chi connectivity index (χ4v) is 0.785. The number of halogens is 1. The van der Waals surface area contributed by atoms with E-state index in [1.807, 2.05) is 0 Å². The third-order valence-corrected chi connectivity index (χ3v) is 1.54. The van der Waals surface area contributed by atoms with E-state index in [9.17, 15) is 19.5 Å². The van der Waals surface area contributed by atoms with Crippen LogP contribution in [0.3, 0.4) is 0 Å². The van der Waals surface area contributed by atoms with Gasteiger partial charge in [-0.05, 0) is 0 Å². The van der Waals surface area contributed by atoms with Crippen LogP contribution in [0, 0.1) is 0 Å². The zero-order chi connectivity index (χ0) is 11.4. The highest BCUT2D eigenvalue weighted by Gasteiger charge is 2.41. The van der Waals surface area contributed by atoms with Gasteiger partial charge in [-0.25, -0.2) is 4.79 Å². The minimum Gasteiger partial charge on any atom is -0.481 e. The molecule has 0 aliphatic rings. The van der Waals surface area contributed by atoms with Gasteiger partial charge >= 0.3 is 17.9 Å². The van der Waals surface area contributed by atoms with E-state index in [4.69, 9.17) is 10.2 Å². The average Bonchev–Trinajstić information content (AvgIpc) is 2.02. The van der Waals surface area contributed by atoms with Gasteiger partial charge in [0.25, 0.3) is 0 Å². The first kappa shape index (κ1) is 12.7. The Kier molecular flexibility index (Phi) is 4.32. The highest BCUT2D eigenvalue weighted by atomic mass is 35.5. The van der Waals surface area contributed by atoms with Crippen molar-refractivity contribution in [2.75, 3.05) is 0 Å². The predicted molar refractivity (Wildman–Crippen MR) is 41.4 cm³/mol. The highest BCUT2D eigenvalue weighted by Crippen LogP contribution is 2.17. The van der Waals surface area contributed by atoms with Gasteiger partial charge in [0.05, 0.1) is 12.8 Å². The second kappa shape index (κ2) is 4.77. The molecule has 0 bridgehead atoms. The van der Waals surface area contributed by atoms with Gasteiger partial charge in [-0.3, -0.25) is 9.59 Å². The molecule has 0 aromatic heterocycles. The van der Waals surface area contributed by atoms with Crippen molar-refractivity contribution in [2.24, 2.45) is 0 Å². The molecule has 0 radical (unpaired) electrons. The van der Waals surface area contributed by atoms with Crippen LogP contribution in [-0.2, 0) is 18.7 Å². The third-order valence-electron chi connectivity index (χ3n) is 1.36. The third kappa shape index (κ3) is 3.58. The molecule has 0 aliphatic carbocycles. The fourth-order valence-electron chi connectivity index (χ4n) is 0.730. The summed E-state index contributed by atoms with van der Waals surface area (Å²) in [7, 11) is 0. The van der Waals surface area contributed by atoms with Crippen molar-refractivity contribution < 1.29 is 34.0 Å². The van der Waals surface area contributed by atoms with Crippen LogP contribution in [-0.4, -0.2) is 38.8 Å². The van der Waals surface area contributed by atoms with Crippen molar-refractivity contribution in [3.63, 3.8) is 0 Å². The lowest BCUT2D eigenvalue weighted by Gasteiger charge is -2.18. The molecule has 3 N–H and O–H groups in total. The van der Waals surface area contributed by atoms with E-state index in [1.165, 1.54) is 0 Å². The summed E-state index contributed by atoms with van der Waals surface area (Å²) in [6, 6.07) is 0. The number of carboxylic acid groups (broad SMARTS) is 2. The van der Waals surface area contributed by atoms with Crippen molar-refractivity contribution >= 4 is 29.8 Å². The summed E-state index contributed by atoms with van der Waals surface area (Å²) < 4.78 is 3.59. The Morgan fingerprint density at radius 3 is 2.00 bits per heavy atom. The minimum absolute atomic E-state index is 1.03. The van der Waals surface area contributed by atoms with Crippen LogP contribution in [0.15, 0.2) is 0 Å². The minimum atomic E-state index is -2.70. The molecule has 0 saturated heterocycles. The van der Waals surface area contributed by atoms with Gasteiger partial charge in [-0.1, -0.05) is 0 Å². The lowest BCUT2D eigenvalue weighted by molar-refractivity contribution is -0.169. The number of carboxylic acids is 2. The molecule has 80 valence electrons. The number of carbonyl (C=O) groups excluding carboxylic acids is 1. The van der Waals surface area contributed by atoms with Gasteiger partial charge in [0, 0.05) is 0 Å². The number of carbonyl (C=O) groups is 3. The molecule has 14 heavy (non-hydrogen) atoms. The number of rotatable bonds is 5. The molecule has 0 aromatic rings. The van der Waals surface area contributed by atoms with Crippen molar-refractivity contribution in [3.8, 4) is 0 Å². The van der Waals surface area contributed by atoms with Gasteiger partial charge in [0.1, 0.15) is 11.9 Å². The molecule has 1 unspecified atom stereocenters. The summed E-state index contributed by atoms with van der Waals surface area (Å²) in [6.45, 7) is 0. The SMILES string of the molecule is O=C(O)CC(O)(CC(=O)OCl)C(=O)O. The quantitative estimate of drug-likeness (QED) is 0.570. The molecule has 0 saturated carbocycles. The van der Waals surface area contributed by atoms with Gasteiger partial charge in [0.15, 0.2) is 5.60 Å². The Hall–Kier alpha value is -1.34. The average molecular weight is 227 g/mol. The molecular weight excluding hydrogens is 220 g/mol. The van der Waals surface area contributed by atoms with Crippen LogP contribution in [0.1, 0.15) is 12.8 Å². The van der Waals surface area contributed by atoms with E-state index in [1.54, 1.807) is 0 Å². The molecule has 0 fully saturated rings. The predicted octanol–water partition coefficient (Wildman–Crippen LogP) is -0.636. The molecule has 0 aliphatic heterocycles. The largest absolute Gasteiger partial charge is 0.481 e. The van der Waals surface area contributed by atoms with Crippen LogP contribution in [0.25, 0.3) is 0 Å². The maximum Gasteiger partial charge on any atom is 0.336 e. The lowest BCUT2D eigenvalue weighted by atomic mass is 9.96. The van der Waals surface area contributed by atoms with Crippen molar-refractivity contribution in [1.82, 2.24) is 0 Å². The Morgan fingerprint density at radius 1 is 1.21 bits per heavy atom. The van der Waals surface area contributed by atoms with Crippen LogP contribution < -0.4 is 0 Å². The maximum atomic E-state index is 10.5. The summed E-state index contributed by atoms with van der Waals surface area (Å²) in [5, 5.41) is 26.0. The van der Waals surface area contributed by atoms with Crippen molar-refractivity contribution in [2.45, 2.75) is 18.4 Å². The van der Waals surface area contributed by atoms with E-state index in [2.05, 4.69) is 16.2 Å². The summed E-state index contributed by atoms with van der Waals surface area (Å²) in [5.41, 5.74) is -2.70. The molecule has 0 spiro atoms. The first-order valence-electron chi connectivity index (χ1n) is 3.31. The molecule has 0 amide bonds. The second-order valence-corrected chi connectivity index (χ2v) is 2.69. The summed E-state index contributed by atoms with van der Waals surface area (Å²) >= 11 is 4.60. The number of aliphatic carboxylic acids is 2. The summed E-state index contributed by atoms with van der Waals surface area (Å²) in [4.78, 5) is 31.2. The molecule has 1 atom stereocenters. The van der Waals surface area contributed by atoms with E-state index >= 15 is 0 Å². The smallest absolute Gasteiger partial charge is 0.336 e. The number of hydrogen-bond acceptors (Lipinski definition) is 5. The molecular formula is C6H7ClO7. The molecule has 0 aromatic carbocycles. The highest BCUT2D eigenvalue weighted by molar-refractivity contribution is 6.13. The Labute approximate surface area is 83.0 Å². The lowest BCUT2D eigenvalue weighted by Crippen LogP contribution is -2.42. The van der Waals surface area contributed by atoms with E-state index < -0.39 is 36.4 Å². The zero-order valence-electron chi connectivity index (χ0n) is 6.77. The molecule has 0 rings (SSSR count). The Bertz CT molecular complexity index is 263. The maximum absolute atomic E-state index is 10.5. The van der Waals surface area contributed by atoms with E-state index in [0.29, 0.717) is 0 Å².